The average molecular weight is 249 g/mol. The topological polar surface area (TPSA) is 41.5 Å². The molecule has 100 valence electrons. The van der Waals surface area contributed by atoms with E-state index in [1.807, 2.05) is 30.3 Å². The minimum Gasteiger partial charge on any atom is -0.492 e. The average Bonchev–Trinajstić information content (AvgIpc) is 2.42. The summed E-state index contributed by atoms with van der Waals surface area (Å²) >= 11 is 0. The van der Waals surface area contributed by atoms with E-state index in [1.54, 1.807) is 0 Å². The molecule has 0 unspecified atom stereocenters. The summed E-state index contributed by atoms with van der Waals surface area (Å²) in [6.07, 6.45) is 4.43. The van der Waals surface area contributed by atoms with Gasteiger partial charge in [0.05, 0.1) is 6.10 Å². The van der Waals surface area contributed by atoms with Crippen molar-refractivity contribution in [3.8, 4) is 5.75 Å². The lowest BCUT2D eigenvalue weighted by molar-refractivity contribution is 0.0692. The second kappa shape index (κ2) is 7.39. The summed E-state index contributed by atoms with van der Waals surface area (Å²) in [5.74, 6) is 1.34. The fourth-order valence-corrected chi connectivity index (χ4v) is 2.47. The Labute approximate surface area is 109 Å². The third-order valence-corrected chi connectivity index (χ3v) is 3.57. The summed E-state index contributed by atoms with van der Waals surface area (Å²) in [6, 6.07) is 9.85. The molecule has 0 aromatic heterocycles. The highest BCUT2D eigenvalue weighted by Crippen LogP contribution is 2.23. The Hall–Kier alpha value is -1.06. The van der Waals surface area contributed by atoms with Crippen molar-refractivity contribution in [2.24, 2.45) is 5.92 Å². The molecule has 0 spiro atoms. The Kier molecular flexibility index (Phi) is 5.49. The van der Waals surface area contributed by atoms with Gasteiger partial charge in [-0.15, -0.1) is 0 Å². The zero-order valence-electron chi connectivity index (χ0n) is 10.8. The molecule has 1 aromatic carbocycles. The number of hydrogen-bond acceptors (Lipinski definition) is 3. The van der Waals surface area contributed by atoms with Crippen LogP contribution in [0.1, 0.15) is 25.7 Å². The molecule has 1 fully saturated rings. The molecule has 18 heavy (non-hydrogen) atoms. The van der Waals surface area contributed by atoms with Crippen LogP contribution in [0.3, 0.4) is 0 Å². The highest BCUT2D eigenvalue weighted by Gasteiger charge is 2.22. The van der Waals surface area contributed by atoms with Gasteiger partial charge >= 0.3 is 0 Å². The smallest absolute Gasteiger partial charge is 0.119 e. The predicted molar refractivity (Wildman–Crippen MR) is 72.8 cm³/mol. The number of aliphatic hydroxyl groups is 1. The molecule has 0 saturated heterocycles. The molecule has 2 rings (SSSR count). The van der Waals surface area contributed by atoms with Gasteiger partial charge in [0, 0.05) is 13.1 Å². The number of nitrogens with one attached hydrogen (secondary N) is 1. The zero-order valence-corrected chi connectivity index (χ0v) is 10.8. The summed E-state index contributed by atoms with van der Waals surface area (Å²) in [5, 5.41) is 13.2. The number of hydrogen-bond donors (Lipinski definition) is 2. The third-order valence-electron chi connectivity index (χ3n) is 3.57. The predicted octanol–water partition coefficient (Wildman–Crippen LogP) is 2.21. The standard InChI is InChI=1S/C15H23NO2/c17-15-9-5-4-6-13(15)12-16-10-11-18-14-7-2-1-3-8-14/h1-3,7-8,13,15-17H,4-6,9-12H2/t13-,15+/m1/s1. The van der Waals surface area contributed by atoms with Crippen LogP contribution in [0.15, 0.2) is 30.3 Å². The van der Waals surface area contributed by atoms with Crippen LogP contribution >= 0.6 is 0 Å². The lowest BCUT2D eigenvalue weighted by Gasteiger charge is -2.27. The maximum absolute atomic E-state index is 9.83. The summed E-state index contributed by atoms with van der Waals surface area (Å²) in [6.45, 7) is 2.41. The second-order valence-electron chi connectivity index (χ2n) is 4.98. The number of para-hydroxylation sites is 1. The first kappa shape index (κ1) is 13.4. The molecule has 2 atom stereocenters. The van der Waals surface area contributed by atoms with Gasteiger partial charge in [0.1, 0.15) is 12.4 Å². The van der Waals surface area contributed by atoms with E-state index in [9.17, 15) is 5.11 Å². The normalized spacial score (nSPS) is 23.8. The Morgan fingerprint density at radius 1 is 1.17 bits per heavy atom. The Morgan fingerprint density at radius 2 is 1.94 bits per heavy atom. The molecule has 2 N–H and O–H groups in total. The number of aliphatic hydroxyl groups excluding tert-OH is 1. The van der Waals surface area contributed by atoms with Crippen LogP contribution in [0, 0.1) is 5.92 Å². The molecule has 1 saturated carbocycles. The van der Waals surface area contributed by atoms with Crippen LogP contribution in [-0.2, 0) is 0 Å². The van der Waals surface area contributed by atoms with Gasteiger partial charge in [0.25, 0.3) is 0 Å². The molecule has 0 heterocycles. The quantitative estimate of drug-likeness (QED) is 0.760. The van der Waals surface area contributed by atoms with Gasteiger partial charge in [-0.25, -0.2) is 0 Å². The van der Waals surface area contributed by atoms with E-state index >= 15 is 0 Å². The lowest BCUT2D eigenvalue weighted by Crippen LogP contribution is -2.35. The largest absolute Gasteiger partial charge is 0.492 e. The first-order valence-electron chi connectivity index (χ1n) is 6.93. The number of ether oxygens (including phenoxy) is 1. The Balaban J connectivity index is 1.56. The van der Waals surface area contributed by atoms with Crippen LogP contribution in [0.25, 0.3) is 0 Å². The monoisotopic (exact) mass is 249 g/mol. The van der Waals surface area contributed by atoms with Gasteiger partial charge in [-0.2, -0.15) is 0 Å². The molecule has 1 aliphatic rings. The summed E-state index contributed by atoms with van der Waals surface area (Å²) < 4.78 is 5.60. The van der Waals surface area contributed by atoms with E-state index in [1.165, 1.54) is 12.8 Å². The van der Waals surface area contributed by atoms with Crippen molar-refractivity contribution in [1.82, 2.24) is 5.32 Å². The van der Waals surface area contributed by atoms with Crippen molar-refractivity contribution in [1.29, 1.82) is 0 Å². The van der Waals surface area contributed by atoms with Crippen LogP contribution in [0.5, 0.6) is 5.75 Å². The van der Waals surface area contributed by atoms with Gasteiger partial charge in [-0.05, 0) is 30.9 Å². The van der Waals surface area contributed by atoms with E-state index in [0.717, 1.165) is 31.7 Å². The Bertz CT molecular complexity index is 329. The SMILES string of the molecule is O[C@H]1CCCC[C@@H]1CNCCOc1ccccc1. The highest BCUT2D eigenvalue weighted by molar-refractivity contribution is 5.20. The molecular formula is C15H23NO2. The minimum atomic E-state index is -0.110. The van der Waals surface area contributed by atoms with E-state index < -0.39 is 0 Å². The van der Waals surface area contributed by atoms with Gasteiger partial charge in [0.15, 0.2) is 0 Å². The molecule has 1 aromatic rings. The maximum Gasteiger partial charge on any atom is 0.119 e. The number of rotatable bonds is 6. The molecule has 3 nitrogen and oxygen atoms in total. The fraction of sp³-hybridized carbons (Fsp3) is 0.600. The van der Waals surface area contributed by atoms with Crippen LogP contribution < -0.4 is 10.1 Å². The van der Waals surface area contributed by atoms with Crippen molar-refractivity contribution in [2.75, 3.05) is 19.7 Å². The highest BCUT2D eigenvalue weighted by atomic mass is 16.5. The summed E-state index contributed by atoms with van der Waals surface area (Å²) in [5.41, 5.74) is 0. The van der Waals surface area contributed by atoms with E-state index in [4.69, 9.17) is 4.74 Å². The first-order valence-corrected chi connectivity index (χ1v) is 6.93. The Morgan fingerprint density at radius 3 is 2.72 bits per heavy atom. The lowest BCUT2D eigenvalue weighted by atomic mass is 9.86. The molecular weight excluding hydrogens is 226 g/mol. The van der Waals surface area contributed by atoms with Gasteiger partial charge in [-0.1, -0.05) is 31.0 Å². The molecule has 1 aliphatic carbocycles. The second-order valence-corrected chi connectivity index (χ2v) is 4.98. The van der Waals surface area contributed by atoms with Gasteiger partial charge < -0.3 is 15.2 Å². The fourth-order valence-electron chi connectivity index (χ4n) is 2.47. The van der Waals surface area contributed by atoms with Crippen LogP contribution in [0.4, 0.5) is 0 Å². The van der Waals surface area contributed by atoms with Gasteiger partial charge in [0.2, 0.25) is 0 Å². The van der Waals surface area contributed by atoms with Crippen molar-refractivity contribution < 1.29 is 9.84 Å². The van der Waals surface area contributed by atoms with Crippen LogP contribution in [0.2, 0.25) is 0 Å². The molecule has 0 bridgehead atoms. The van der Waals surface area contributed by atoms with Crippen LogP contribution in [-0.4, -0.2) is 30.9 Å². The molecule has 0 aliphatic heterocycles. The number of benzene rings is 1. The minimum absolute atomic E-state index is 0.110. The third kappa shape index (κ3) is 4.31. The maximum atomic E-state index is 9.83. The molecule has 0 radical (unpaired) electrons. The summed E-state index contributed by atoms with van der Waals surface area (Å²) in [4.78, 5) is 0. The molecule has 0 amide bonds. The summed E-state index contributed by atoms with van der Waals surface area (Å²) in [7, 11) is 0. The molecule has 3 heteroatoms. The van der Waals surface area contributed by atoms with E-state index in [0.29, 0.717) is 12.5 Å². The van der Waals surface area contributed by atoms with Crippen molar-refractivity contribution >= 4 is 0 Å². The van der Waals surface area contributed by atoms with Crippen molar-refractivity contribution in [3.63, 3.8) is 0 Å². The van der Waals surface area contributed by atoms with Crippen molar-refractivity contribution in [2.45, 2.75) is 31.8 Å². The first-order chi connectivity index (χ1) is 8.86. The van der Waals surface area contributed by atoms with E-state index in [2.05, 4.69) is 5.32 Å². The van der Waals surface area contributed by atoms with Gasteiger partial charge in [-0.3, -0.25) is 0 Å². The van der Waals surface area contributed by atoms with Crippen molar-refractivity contribution in [3.05, 3.63) is 30.3 Å². The zero-order chi connectivity index (χ0) is 12.6. The van der Waals surface area contributed by atoms with E-state index in [-0.39, 0.29) is 6.10 Å².